The molecule has 0 atom stereocenters. The van der Waals surface area contributed by atoms with E-state index < -0.39 is 0 Å². The van der Waals surface area contributed by atoms with E-state index in [1.807, 2.05) is 7.05 Å². The van der Waals surface area contributed by atoms with Crippen LogP contribution in [-0.4, -0.2) is 38.1 Å². The van der Waals surface area contributed by atoms with Crippen molar-refractivity contribution in [1.29, 1.82) is 0 Å². The maximum absolute atomic E-state index is 4.26. The standard InChI is InChI=1S/C7H15N2.K/c1-8-7-3-5-9(2)6-4-7;/h7H,3-6H2,1-2H3;/q-1;+1. The minimum absolute atomic E-state index is 0. The second-order valence-electron chi connectivity index (χ2n) is 2.79. The van der Waals surface area contributed by atoms with Crippen molar-refractivity contribution in [1.82, 2.24) is 4.90 Å². The molecule has 0 bridgehead atoms. The number of hydrogen-bond donors (Lipinski definition) is 0. The molecular formula is C7H15KN2. The molecule has 0 saturated carbocycles. The van der Waals surface area contributed by atoms with E-state index in [-0.39, 0.29) is 51.4 Å². The fraction of sp³-hybridized carbons (Fsp3) is 1.00. The maximum atomic E-state index is 4.26. The first kappa shape index (κ1) is 11.6. The molecule has 3 heteroatoms. The van der Waals surface area contributed by atoms with Gasteiger partial charge in [0.25, 0.3) is 0 Å². The molecule has 0 aromatic heterocycles. The van der Waals surface area contributed by atoms with E-state index in [4.69, 9.17) is 0 Å². The first-order chi connectivity index (χ1) is 4.33. The zero-order chi connectivity index (χ0) is 6.69. The smallest absolute Gasteiger partial charge is 0.662 e. The van der Waals surface area contributed by atoms with E-state index in [1.165, 1.54) is 25.9 Å². The van der Waals surface area contributed by atoms with Gasteiger partial charge in [-0.3, -0.25) is 0 Å². The van der Waals surface area contributed by atoms with Gasteiger partial charge in [0.05, 0.1) is 0 Å². The molecule has 0 amide bonds. The molecule has 1 aliphatic heterocycles. The van der Waals surface area contributed by atoms with E-state index in [0.29, 0.717) is 6.04 Å². The molecule has 54 valence electrons. The Labute approximate surface area is 106 Å². The van der Waals surface area contributed by atoms with Crippen molar-refractivity contribution in [2.45, 2.75) is 18.9 Å². The van der Waals surface area contributed by atoms with Gasteiger partial charge in [-0.05, 0) is 20.1 Å². The minimum atomic E-state index is 0. The molecule has 0 spiro atoms. The quantitative estimate of drug-likeness (QED) is 0.416. The van der Waals surface area contributed by atoms with Crippen molar-refractivity contribution in [2.24, 2.45) is 0 Å². The SMILES string of the molecule is C[N-]C1CCN(C)CC1.[K+]. The Bertz CT molecular complexity index is 79.7. The molecule has 2 nitrogen and oxygen atoms in total. The monoisotopic (exact) mass is 166 g/mol. The van der Waals surface area contributed by atoms with Crippen LogP contribution in [0.3, 0.4) is 0 Å². The summed E-state index contributed by atoms with van der Waals surface area (Å²) in [6, 6.07) is 0.654. The zero-order valence-electron chi connectivity index (χ0n) is 7.30. The van der Waals surface area contributed by atoms with Crippen LogP contribution in [0.5, 0.6) is 0 Å². The molecule has 0 radical (unpaired) electrons. The van der Waals surface area contributed by atoms with Gasteiger partial charge in [0.15, 0.2) is 0 Å². The van der Waals surface area contributed by atoms with Crippen LogP contribution in [0.2, 0.25) is 0 Å². The Morgan fingerprint density at radius 3 is 2.20 bits per heavy atom. The van der Waals surface area contributed by atoms with Gasteiger partial charge in [-0.25, -0.2) is 0 Å². The van der Waals surface area contributed by atoms with Crippen LogP contribution in [-0.2, 0) is 0 Å². The first-order valence-corrected chi connectivity index (χ1v) is 3.60. The van der Waals surface area contributed by atoms with Crippen LogP contribution in [0.25, 0.3) is 5.32 Å². The van der Waals surface area contributed by atoms with Gasteiger partial charge >= 0.3 is 51.4 Å². The third kappa shape index (κ3) is 3.81. The largest absolute Gasteiger partial charge is 1.00 e. The van der Waals surface area contributed by atoms with Gasteiger partial charge in [0, 0.05) is 0 Å². The van der Waals surface area contributed by atoms with Crippen molar-refractivity contribution in [3.05, 3.63) is 5.32 Å². The molecule has 10 heavy (non-hydrogen) atoms. The van der Waals surface area contributed by atoms with E-state index in [9.17, 15) is 0 Å². The average Bonchev–Trinajstić information content (AvgIpc) is 1.90. The Morgan fingerprint density at radius 2 is 1.80 bits per heavy atom. The van der Waals surface area contributed by atoms with Crippen molar-refractivity contribution < 1.29 is 51.4 Å². The number of nitrogens with zero attached hydrogens (tertiary/aromatic N) is 2. The van der Waals surface area contributed by atoms with Crippen molar-refractivity contribution >= 4 is 0 Å². The summed E-state index contributed by atoms with van der Waals surface area (Å²) in [7, 11) is 4.10. The Hall–Kier alpha value is 1.56. The van der Waals surface area contributed by atoms with Crippen molar-refractivity contribution in [3.8, 4) is 0 Å². The van der Waals surface area contributed by atoms with E-state index >= 15 is 0 Å². The summed E-state index contributed by atoms with van der Waals surface area (Å²) in [5, 5.41) is 4.26. The normalized spacial score (nSPS) is 22.2. The van der Waals surface area contributed by atoms with Crippen LogP contribution in [0.15, 0.2) is 0 Å². The third-order valence-corrected chi connectivity index (χ3v) is 2.05. The Kier molecular flexibility index (Phi) is 7.07. The minimum Gasteiger partial charge on any atom is -0.662 e. The fourth-order valence-electron chi connectivity index (χ4n) is 1.25. The Balaban J connectivity index is 0.000000810. The van der Waals surface area contributed by atoms with Crippen molar-refractivity contribution in [2.75, 3.05) is 27.2 Å². The molecule has 0 N–H and O–H groups in total. The topological polar surface area (TPSA) is 17.3 Å². The molecule has 1 aliphatic rings. The summed E-state index contributed by atoms with van der Waals surface area (Å²) in [5.41, 5.74) is 0. The first-order valence-electron chi connectivity index (χ1n) is 3.60. The molecular weight excluding hydrogens is 151 g/mol. The molecule has 0 aromatic rings. The van der Waals surface area contributed by atoms with E-state index in [2.05, 4.69) is 17.3 Å². The molecule has 0 aromatic carbocycles. The van der Waals surface area contributed by atoms with Gasteiger partial charge in [0.2, 0.25) is 0 Å². The Morgan fingerprint density at radius 1 is 1.30 bits per heavy atom. The van der Waals surface area contributed by atoms with Gasteiger partial charge in [0.1, 0.15) is 0 Å². The average molecular weight is 166 g/mol. The summed E-state index contributed by atoms with van der Waals surface area (Å²) >= 11 is 0. The van der Waals surface area contributed by atoms with E-state index in [0.717, 1.165) is 0 Å². The van der Waals surface area contributed by atoms with Crippen LogP contribution in [0, 0.1) is 0 Å². The maximum Gasteiger partial charge on any atom is 1.00 e. The van der Waals surface area contributed by atoms with Crippen LogP contribution in [0.4, 0.5) is 0 Å². The van der Waals surface area contributed by atoms with Gasteiger partial charge < -0.3 is 10.2 Å². The van der Waals surface area contributed by atoms with Crippen LogP contribution < -0.4 is 51.4 Å². The summed E-state index contributed by atoms with van der Waals surface area (Å²) in [6.45, 7) is 2.45. The summed E-state index contributed by atoms with van der Waals surface area (Å²) < 4.78 is 0. The molecule has 0 aliphatic carbocycles. The number of piperidine rings is 1. The molecule has 0 unspecified atom stereocenters. The summed E-state index contributed by atoms with van der Waals surface area (Å²) in [4.78, 5) is 2.36. The molecule has 1 heterocycles. The predicted octanol–water partition coefficient (Wildman–Crippen LogP) is -1.91. The second kappa shape index (κ2) is 6.11. The number of likely N-dealkylation sites (tertiary alicyclic amines) is 1. The molecule has 1 saturated heterocycles. The molecule has 1 rings (SSSR count). The number of hydrogen-bond acceptors (Lipinski definition) is 1. The van der Waals surface area contributed by atoms with E-state index in [1.54, 1.807) is 0 Å². The van der Waals surface area contributed by atoms with Crippen LogP contribution >= 0.6 is 0 Å². The zero-order valence-corrected chi connectivity index (χ0v) is 10.4. The van der Waals surface area contributed by atoms with Crippen LogP contribution in [0.1, 0.15) is 12.8 Å². The van der Waals surface area contributed by atoms with Gasteiger partial charge in [-0.1, -0.05) is 12.8 Å². The predicted molar refractivity (Wildman–Crippen MR) is 39.8 cm³/mol. The summed E-state index contributed by atoms with van der Waals surface area (Å²) in [6.07, 6.45) is 2.51. The third-order valence-electron chi connectivity index (χ3n) is 2.05. The second-order valence-corrected chi connectivity index (χ2v) is 2.79. The number of rotatable bonds is 1. The summed E-state index contributed by atoms with van der Waals surface area (Å²) in [5.74, 6) is 0. The fourth-order valence-corrected chi connectivity index (χ4v) is 1.25. The van der Waals surface area contributed by atoms with Gasteiger partial charge in [-0.2, -0.15) is 7.05 Å². The van der Waals surface area contributed by atoms with Crippen molar-refractivity contribution in [3.63, 3.8) is 0 Å². The van der Waals surface area contributed by atoms with Gasteiger partial charge in [-0.15, -0.1) is 6.04 Å². The molecule has 1 fully saturated rings.